The molecule has 0 unspecified atom stereocenters. The first-order valence-electron chi connectivity index (χ1n) is 6.25. The third-order valence-electron chi connectivity index (χ3n) is 2.53. The molecule has 0 radical (unpaired) electrons. The van der Waals surface area contributed by atoms with E-state index in [1.165, 1.54) is 12.3 Å². The Morgan fingerprint density at radius 2 is 2.36 bits per heavy atom. The number of amidine groups is 1. The highest BCUT2D eigenvalue weighted by Crippen LogP contribution is 2.22. The highest BCUT2D eigenvalue weighted by Gasteiger charge is 2.37. The summed E-state index contributed by atoms with van der Waals surface area (Å²) in [5.74, 6) is -1.04. The molecular formula is C13H12BrN3O4S. The number of ether oxygens (including phenoxy) is 1. The number of phenols is 1. The van der Waals surface area contributed by atoms with E-state index < -0.39 is 17.1 Å². The fourth-order valence-electron chi connectivity index (χ4n) is 1.56. The van der Waals surface area contributed by atoms with Crippen LogP contribution in [0.5, 0.6) is 5.75 Å². The van der Waals surface area contributed by atoms with Gasteiger partial charge < -0.3 is 15.2 Å². The standard InChI is InChI=1S/C13H12BrN3O4S/c1-2-21-12(20)10-11(19)16-13(22-10)17-15-6-7-5-8(14)3-4-9(7)18/h3-6,10,18H,2H2,1H3,(H,16,17,19)/b15-6+/t10-/m0/s1. The summed E-state index contributed by atoms with van der Waals surface area (Å²) in [6, 6.07) is 4.87. The van der Waals surface area contributed by atoms with Crippen molar-refractivity contribution in [1.29, 1.82) is 0 Å². The molecule has 0 bridgehead atoms. The average Bonchev–Trinajstić information content (AvgIpc) is 2.84. The molecule has 116 valence electrons. The summed E-state index contributed by atoms with van der Waals surface area (Å²) in [7, 11) is 0. The second kappa shape index (κ2) is 7.41. The Morgan fingerprint density at radius 1 is 1.59 bits per heavy atom. The quantitative estimate of drug-likeness (QED) is 0.355. The first kappa shape index (κ1) is 16.5. The number of hydrogen-bond acceptors (Lipinski definition) is 7. The van der Waals surface area contributed by atoms with Crippen LogP contribution in [0.2, 0.25) is 0 Å². The van der Waals surface area contributed by atoms with Crippen molar-refractivity contribution in [3.8, 4) is 5.75 Å². The Balaban J connectivity index is 2.05. The third kappa shape index (κ3) is 4.08. The van der Waals surface area contributed by atoms with Crippen molar-refractivity contribution in [3.63, 3.8) is 0 Å². The van der Waals surface area contributed by atoms with E-state index >= 15 is 0 Å². The molecule has 0 aliphatic carbocycles. The Bertz CT molecular complexity index is 663. The zero-order valence-electron chi connectivity index (χ0n) is 11.4. The highest BCUT2D eigenvalue weighted by molar-refractivity contribution is 9.10. The van der Waals surface area contributed by atoms with Gasteiger partial charge in [0.2, 0.25) is 0 Å². The van der Waals surface area contributed by atoms with Crippen LogP contribution in [0, 0.1) is 0 Å². The molecule has 1 atom stereocenters. The maximum atomic E-state index is 11.6. The number of carbonyl (C=O) groups excluding carboxylic acids is 2. The lowest BCUT2D eigenvalue weighted by atomic mass is 10.2. The van der Waals surface area contributed by atoms with E-state index in [4.69, 9.17) is 4.74 Å². The average molecular weight is 386 g/mol. The summed E-state index contributed by atoms with van der Waals surface area (Å²) < 4.78 is 5.58. The summed E-state index contributed by atoms with van der Waals surface area (Å²) in [6.07, 6.45) is 1.34. The molecule has 0 spiro atoms. The molecule has 0 saturated carbocycles. The molecule has 1 fully saturated rings. The molecule has 7 nitrogen and oxygen atoms in total. The van der Waals surface area contributed by atoms with Gasteiger partial charge in [-0.3, -0.25) is 9.59 Å². The van der Waals surface area contributed by atoms with E-state index in [0.29, 0.717) is 5.56 Å². The molecule has 9 heteroatoms. The summed E-state index contributed by atoms with van der Waals surface area (Å²) in [5.41, 5.74) is 0.468. The lowest BCUT2D eigenvalue weighted by Crippen LogP contribution is -2.31. The number of nitrogens with zero attached hydrogens (tertiary/aromatic N) is 2. The first-order valence-corrected chi connectivity index (χ1v) is 7.92. The zero-order chi connectivity index (χ0) is 16.1. The van der Waals surface area contributed by atoms with Gasteiger partial charge in [-0.25, -0.2) is 0 Å². The number of hydrogen-bond donors (Lipinski definition) is 2. The lowest BCUT2D eigenvalue weighted by Gasteiger charge is -2.03. The largest absolute Gasteiger partial charge is 0.507 e. The summed E-state index contributed by atoms with van der Waals surface area (Å²) in [4.78, 5) is 23.2. The summed E-state index contributed by atoms with van der Waals surface area (Å²) in [5, 5.41) is 18.9. The molecule has 2 rings (SSSR count). The molecule has 1 aromatic carbocycles. The van der Waals surface area contributed by atoms with Crippen LogP contribution in [0.25, 0.3) is 0 Å². The van der Waals surface area contributed by atoms with Crippen LogP contribution in [0.15, 0.2) is 32.9 Å². The van der Waals surface area contributed by atoms with E-state index in [2.05, 4.69) is 31.4 Å². The second-order valence-corrected chi connectivity index (χ2v) is 6.10. The van der Waals surface area contributed by atoms with Crippen LogP contribution in [0.4, 0.5) is 0 Å². The Labute approximate surface area is 139 Å². The number of amides is 1. The van der Waals surface area contributed by atoms with Crippen LogP contribution in [0.1, 0.15) is 12.5 Å². The van der Waals surface area contributed by atoms with Gasteiger partial charge >= 0.3 is 5.97 Å². The van der Waals surface area contributed by atoms with Gasteiger partial charge in [-0.1, -0.05) is 27.7 Å². The Kier molecular flexibility index (Phi) is 5.56. The smallest absolute Gasteiger partial charge is 0.329 e. The van der Waals surface area contributed by atoms with E-state index in [1.54, 1.807) is 19.1 Å². The number of aromatic hydroxyl groups is 1. The number of benzene rings is 1. The van der Waals surface area contributed by atoms with Crippen molar-refractivity contribution >= 4 is 51.0 Å². The normalized spacial score (nSPS) is 19.6. The highest BCUT2D eigenvalue weighted by atomic mass is 79.9. The van der Waals surface area contributed by atoms with Crippen molar-refractivity contribution in [3.05, 3.63) is 28.2 Å². The number of rotatable bonds is 4. The van der Waals surface area contributed by atoms with Crippen LogP contribution < -0.4 is 5.32 Å². The second-order valence-electron chi connectivity index (χ2n) is 4.09. The molecule has 1 amide bonds. The monoisotopic (exact) mass is 385 g/mol. The molecule has 22 heavy (non-hydrogen) atoms. The van der Waals surface area contributed by atoms with Crippen molar-refractivity contribution in [2.24, 2.45) is 10.2 Å². The van der Waals surface area contributed by atoms with E-state index in [9.17, 15) is 14.7 Å². The predicted octanol–water partition coefficient (Wildman–Crippen LogP) is 1.64. The maximum Gasteiger partial charge on any atom is 0.329 e. The van der Waals surface area contributed by atoms with E-state index in [1.807, 2.05) is 0 Å². The fraction of sp³-hybridized carbons (Fsp3) is 0.231. The SMILES string of the molecule is CCOC(=O)[C@H]1S/C(=N/N=C/c2cc(Br)ccc2O)NC1=O. The third-order valence-corrected chi connectivity index (χ3v) is 4.08. The van der Waals surface area contributed by atoms with Gasteiger partial charge in [0.05, 0.1) is 12.8 Å². The van der Waals surface area contributed by atoms with Gasteiger partial charge in [-0.2, -0.15) is 5.10 Å². The van der Waals surface area contributed by atoms with Gasteiger partial charge in [-0.05, 0) is 25.1 Å². The Hall–Kier alpha value is -1.87. The van der Waals surface area contributed by atoms with Crippen LogP contribution in [-0.4, -0.2) is 40.2 Å². The maximum absolute atomic E-state index is 11.6. The molecule has 1 saturated heterocycles. The number of halogens is 1. The Morgan fingerprint density at radius 3 is 3.09 bits per heavy atom. The molecule has 1 aromatic rings. The van der Waals surface area contributed by atoms with Crippen molar-refractivity contribution < 1.29 is 19.4 Å². The molecule has 1 aliphatic rings. The number of carbonyl (C=O) groups is 2. The predicted molar refractivity (Wildman–Crippen MR) is 87.0 cm³/mol. The summed E-state index contributed by atoms with van der Waals surface area (Å²) >= 11 is 4.22. The van der Waals surface area contributed by atoms with Crippen LogP contribution in [0.3, 0.4) is 0 Å². The topological polar surface area (TPSA) is 100 Å². The zero-order valence-corrected chi connectivity index (χ0v) is 13.8. The van der Waals surface area contributed by atoms with Crippen molar-refractivity contribution in [2.75, 3.05) is 6.61 Å². The minimum Gasteiger partial charge on any atom is -0.507 e. The number of phenolic OH excluding ortho intramolecular Hbond substituents is 1. The van der Waals surface area contributed by atoms with Gasteiger partial charge in [-0.15, -0.1) is 5.10 Å². The molecule has 2 N–H and O–H groups in total. The first-order chi connectivity index (χ1) is 10.5. The van der Waals surface area contributed by atoms with E-state index in [-0.39, 0.29) is 17.5 Å². The molecule has 0 aromatic heterocycles. The number of nitrogens with one attached hydrogen (secondary N) is 1. The number of esters is 1. The number of thioether (sulfide) groups is 1. The summed E-state index contributed by atoms with van der Waals surface area (Å²) in [6.45, 7) is 1.87. The molecule has 1 aliphatic heterocycles. The minimum atomic E-state index is -0.965. The van der Waals surface area contributed by atoms with Gasteiger partial charge in [0, 0.05) is 10.0 Å². The van der Waals surface area contributed by atoms with Crippen LogP contribution >= 0.6 is 27.7 Å². The van der Waals surface area contributed by atoms with Crippen LogP contribution in [-0.2, 0) is 14.3 Å². The molecular weight excluding hydrogens is 374 g/mol. The van der Waals surface area contributed by atoms with Crippen molar-refractivity contribution in [1.82, 2.24) is 5.32 Å². The molecule has 1 heterocycles. The van der Waals surface area contributed by atoms with Crippen molar-refractivity contribution in [2.45, 2.75) is 12.2 Å². The van der Waals surface area contributed by atoms with Gasteiger partial charge in [0.1, 0.15) is 5.75 Å². The van der Waals surface area contributed by atoms with Gasteiger partial charge in [0.25, 0.3) is 5.91 Å². The van der Waals surface area contributed by atoms with Gasteiger partial charge in [0.15, 0.2) is 10.4 Å². The fourth-order valence-corrected chi connectivity index (χ4v) is 2.75. The van der Waals surface area contributed by atoms with E-state index in [0.717, 1.165) is 16.2 Å². The lowest BCUT2D eigenvalue weighted by molar-refractivity contribution is -0.144. The minimum absolute atomic E-state index is 0.0552.